The van der Waals surface area contributed by atoms with Gasteiger partial charge in [0.2, 0.25) is 0 Å². The van der Waals surface area contributed by atoms with Gasteiger partial charge in [-0.3, -0.25) is 0 Å². The lowest BCUT2D eigenvalue weighted by Crippen LogP contribution is -1.99. The van der Waals surface area contributed by atoms with Crippen LogP contribution in [0.3, 0.4) is 0 Å². The van der Waals surface area contributed by atoms with Crippen molar-refractivity contribution in [1.82, 2.24) is 0 Å². The summed E-state index contributed by atoms with van der Waals surface area (Å²) in [5.41, 5.74) is 6.30. The van der Waals surface area contributed by atoms with E-state index in [-0.39, 0.29) is 5.82 Å². The van der Waals surface area contributed by atoms with Gasteiger partial charge in [0.15, 0.2) is 5.82 Å². The molecule has 1 aromatic carbocycles. The Hall–Kier alpha value is -0.0600. The van der Waals surface area contributed by atoms with E-state index in [2.05, 4.69) is 22.9 Å². The van der Waals surface area contributed by atoms with E-state index in [4.69, 9.17) is 5.73 Å². The molecule has 1 aromatic rings. The van der Waals surface area contributed by atoms with Crippen molar-refractivity contribution >= 4 is 27.7 Å². The third-order valence-corrected chi connectivity index (χ3v) is 4.08. The molecule has 0 bridgehead atoms. The molecule has 0 aliphatic rings. The van der Waals surface area contributed by atoms with E-state index in [1.165, 1.54) is 0 Å². The van der Waals surface area contributed by atoms with Gasteiger partial charge in [-0.15, -0.1) is 11.8 Å². The lowest BCUT2D eigenvalue weighted by atomic mass is 10.2. The zero-order chi connectivity index (χ0) is 11.3. The molecular weight excluding hydrogens is 277 g/mol. The topological polar surface area (TPSA) is 26.0 Å². The highest BCUT2D eigenvalue weighted by molar-refractivity contribution is 9.10. The molecule has 0 spiro atoms. The number of benzene rings is 1. The first-order chi connectivity index (χ1) is 7.20. The van der Waals surface area contributed by atoms with Crippen LogP contribution < -0.4 is 5.73 Å². The van der Waals surface area contributed by atoms with Gasteiger partial charge in [-0.1, -0.05) is 19.4 Å². The SMILES string of the molecule is CCCCSc1ccc(CN)c(Br)c1F. The summed E-state index contributed by atoms with van der Waals surface area (Å²) in [6.45, 7) is 2.49. The van der Waals surface area contributed by atoms with Gasteiger partial charge in [-0.05, 0) is 39.7 Å². The fourth-order valence-corrected chi connectivity index (χ4v) is 2.85. The molecule has 0 amide bonds. The molecule has 1 rings (SSSR count). The molecule has 15 heavy (non-hydrogen) atoms. The summed E-state index contributed by atoms with van der Waals surface area (Å²) in [6, 6.07) is 3.68. The normalized spacial score (nSPS) is 10.7. The highest BCUT2D eigenvalue weighted by Crippen LogP contribution is 2.30. The average Bonchev–Trinajstić information content (AvgIpc) is 2.25. The number of hydrogen-bond donors (Lipinski definition) is 1. The molecule has 0 aliphatic heterocycles. The summed E-state index contributed by atoms with van der Waals surface area (Å²) < 4.78 is 14.3. The molecule has 0 saturated heterocycles. The lowest BCUT2D eigenvalue weighted by Gasteiger charge is -2.07. The predicted octanol–water partition coefficient (Wildman–Crippen LogP) is 3.94. The van der Waals surface area contributed by atoms with Crippen molar-refractivity contribution in [2.45, 2.75) is 31.2 Å². The first kappa shape index (κ1) is 13.0. The zero-order valence-corrected chi connectivity index (χ0v) is 11.1. The third kappa shape index (κ3) is 3.47. The van der Waals surface area contributed by atoms with E-state index in [0.29, 0.717) is 15.9 Å². The van der Waals surface area contributed by atoms with Crippen LogP contribution in [0.4, 0.5) is 4.39 Å². The summed E-state index contributed by atoms with van der Waals surface area (Å²) in [6.07, 6.45) is 2.25. The molecule has 0 heterocycles. The summed E-state index contributed by atoms with van der Waals surface area (Å²) in [5.74, 6) is 0.779. The average molecular weight is 292 g/mol. The molecule has 0 atom stereocenters. The van der Waals surface area contributed by atoms with Gasteiger partial charge < -0.3 is 5.73 Å². The van der Waals surface area contributed by atoms with Gasteiger partial charge in [0.1, 0.15) is 0 Å². The van der Waals surface area contributed by atoms with Crippen LogP contribution in [0.5, 0.6) is 0 Å². The van der Waals surface area contributed by atoms with Crippen LogP contribution in [0.15, 0.2) is 21.5 Å². The number of hydrogen-bond acceptors (Lipinski definition) is 2. The van der Waals surface area contributed by atoms with Gasteiger partial charge in [-0.2, -0.15) is 0 Å². The predicted molar refractivity (Wildman–Crippen MR) is 67.6 cm³/mol. The Morgan fingerprint density at radius 3 is 2.80 bits per heavy atom. The second kappa shape index (κ2) is 6.51. The maximum absolute atomic E-state index is 13.8. The monoisotopic (exact) mass is 291 g/mol. The van der Waals surface area contributed by atoms with Crippen molar-refractivity contribution < 1.29 is 4.39 Å². The minimum atomic E-state index is -0.181. The summed E-state index contributed by atoms with van der Waals surface area (Å²) in [4.78, 5) is 0.701. The Kier molecular flexibility index (Phi) is 5.64. The van der Waals surface area contributed by atoms with Crippen molar-refractivity contribution in [3.8, 4) is 0 Å². The minimum Gasteiger partial charge on any atom is -0.326 e. The van der Waals surface area contributed by atoms with Crippen LogP contribution >= 0.6 is 27.7 Å². The quantitative estimate of drug-likeness (QED) is 0.657. The van der Waals surface area contributed by atoms with Crippen LogP contribution in [-0.2, 0) is 6.54 Å². The number of halogens is 2. The van der Waals surface area contributed by atoms with Gasteiger partial charge in [0, 0.05) is 11.4 Å². The van der Waals surface area contributed by atoms with Crippen molar-refractivity contribution in [2.24, 2.45) is 5.73 Å². The molecule has 2 N–H and O–H groups in total. The number of rotatable bonds is 5. The number of unbranched alkanes of at least 4 members (excludes halogenated alkanes) is 1. The molecule has 4 heteroatoms. The lowest BCUT2D eigenvalue weighted by molar-refractivity contribution is 0.592. The minimum absolute atomic E-state index is 0.181. The standard InChI is InChI=1S/C11H15BrFNS/c1-2-3-6-15-9-5-4-8(7-14)10(12)11(9)13/h4-5H,2-3,6-7,14H2,1H3. The molecule has 0 radical (unpaired) electrons. The van der Waals surface area contributed by atoms with Crippen LogP contribution in [0.25, 0.3) is 0 Å². The van der Waals surface area contributed by atoms with E-state index >= 15 is 0 Å². The molecule has 0 unspecified atom stereocenters. The first-order valence-corrected chi connectivity index (χ1v) is 6.78. The van der Waals surface area contributed by atoms with Crippen molar-refractivity contribution in [1.29, 1.82) is 0 Å². The van der Waals surface area contributed by atoms with E-state index in [9.17, 15) is 4.39 Å². The van der Waals surface area contributed by atoms with Gasteiger partial charge in [0.05, 0.1) is 4.47 Å². The molecule has 0 saturated carbocycles. The third-order valence-electron chi connectivity index (χ3n) is 2.10. The van der Waals surface area contributed by atoms with Crippen LogP contribution in [0.1, 0.15) is 25.3 Å². The van der Waals surface area contributed by atoms with Crippen LogP contribution in [0, 0.1) is 5.82 Å². The van der Waals surface area contributed by atoms with Gasteiger partial charge in [-0.25, -0.2) is 4.39 Å². The summed E-state index contributed by atoms with van der Waals surface area (Å²) in [5, 5.41) is 0. The summed E-state index contributed by atoms with van der Waals surface area (Å²) >= 11 is 4.79. The van der Waals surface area contributed by atoms with Gasteiger partial charge in [0.25, 0.3) is 0 Å². The highest BCUT2D eigenvalue weighted by Gasteiger charge is 2.10. The number of nitrogens with two attached hydrogens (primary N) is 1. The Balaban J connectivity index is 2.77. The maximum atomic E-state index is 13.8. The van der Waals surface area contributed by atoms with E-state index < -0.39 is 0 Å². The Bertz CT molecular complexity index is 331. The Morgan fingerprint density at radius 1 is 1.47 bits per heavy atom. The smallest absolute Gasteiger partial charge is 0.151 e. The van der Waals surface area contributed by atoms with Crippen LogP contribution in [-0.4, -0.2) is 5.75 Å². The highest BCUT2D eigenvalue weighted by atomic mass is 79.9. The zero-order valence-electron chi connectivity index (χ0n) is 8.72. The molecule has 0 fully saturated rings. The summed E-state index contributed by atoms with van der Waals surface area (Å²) in [7, 11) is 0. The second-order valence-corrected chi connectivity index (χ2v) is 5.19. The fraction of sp³-hybridized carbons (Fsp3) is 0.455. The largest absolute Gasteiger partial charge is 0.326 e. The van der Waals surface area contributed by atoms with E-state index in [1.807, 2.05) is 12.1 Å². The number of thioether (sulfide) groups is 1. The fourth-order valence-electron chi connectivity index (χ4n) is 1.17. The molecule has 84 valence electrons. The van der Waals surface area contributed by atoms with Crippen molar-refractivity contribution in [3.05, 3.63) is 28.0 Å². The van der Waals surface area contributed by atoms with Gasteiger partial charge >= 0.3 is 0 Å². The van der Waals surface area contributed by atoms with Crippen LogP contribution in [0.2, 0.25) is 0 Å². The first-order valence-electron chi connectivity index (χ1n) is 5.00. The molecule has 0 aromatic heterocycles. The second-order valence-electron chi connectivity index (χ2n) is 3.26. The Labute approximate surface area is 103 Å². The molecule has 0 aliphatic carbocycles. The maximum Gasteiger partial charge on any atom is 0.151 e. The van der Waals surface area contributed by atoms with E-state index in [0.717, 1.165) is 24.2 Å². The van der Waals surface area contributed by atoms with E-state index in [1.54, 1.807) is 11.8 Å². The van der Waals surface area contributed by atoms with Crippen molar-refractivity contribution in [3.63, 3.8) is 0 Å². The van der Waals surface area contributed by atoms with Crippen molar-refractivity contribution in [2.75, 3.05) is 5.75 Å². The molecule has 1 nitrogen and oxygen atoms in total. The Morgan fingerprint density at radius 2 is 2.20 bits per heavy atom. The molecular formula is C11H15BrFNS.